The Morgan fingerprint density at radius 3 is 2.57 bits per heavy atom. The van der Waals surface area contributed by atoms with E-state index >= 15 is 0 Å². The molecule has 5 rings (SSSR count). The highest BCUT2D eigenvalue weighted by Crippen LogP contribution is 2.34. The summed E-state index contributed by atoms with van der Waals surface area (Å²) in [6.07, 6.45) is -1.75. The fourth-order valence-electron chi connectivity index (χ4n) is 5.32. The van der Waals surface area contributed by atoms with Gasteiger partial charge in [0.25, 0.3) is 5.56 Å². The first-order valence-corrected chi connectivity index (χ1v) is 13.8. The molecule has 220 valence electrons. The summed E-state index contributed by atoms with van der Waals surface area (Å²) in [5.41, 5.74) is 0.114. The molecule has 0 N–H and O–H groups in total. The zero-order chi connectivity index (χ0) is 30.0. The highest BCUT2D eigenvalue weighted by molar-refractivity contribution is 5.86. The van der Waals surface area contributed by atoms with E-state index in [4.69, 9.17) is 14.7 Å². The van der Waals surface area contributed by atoms with Crippen LogP contribution in [0.1, 0.15) is 55.4 Å². The third kappa shape index (κ3) is 5.92. The first-order chi connectivity index (χ1) is 20.1. The second kappa shape index (κ2) is 12.0. The minimum Gasteiger partial charge on any atom is -0.377 e. The van der Waals surface area contributed by atoms with Gasteiger partial charge in [-0.05, 0) is 62.2 Å². The summed E-state index contributed by atoms with van der Waals surface area (Å²) in [6.45, 7) is 6.71. The maximum atomic E-state index is 14.0. The Bertz CT molecular complexity index is 1660. The van der Waals surface area contributed by atoms with Gasteiger partial charge in [0.15, 0.2) is 0 Å². The van der Waals surface area contributed by atoms with Crippen LogP contribution in [0.4, 0.5) is 17.6 Å². The smallest absolute Gasteiger partial charge is 0.377 e. The summed E-state index contributed by atoms with van der Waals surface area (Å²) in [5, 5.41) is 0.473. The summed E-state index contributed by atoms with van der Waals surface area (Å²) in [7, 11) is 0. The molecule has 11 heteroatoms. The van der Waals surface area contributed by atoms with Gasteiger partial charge in [-0.25, -0.2) is 9.37 Å². The second-order valence-corrected chi connectivity index (χ2v) is 10.3. The molecule has 3 heterocycles. The molecule has 0 saturated heterocycles. The van der Waals surface area contributed by atoms with Crippen LogP contribution in [-0.4, -0.2) is 44.5 Å². The number of aromatic nitrogens is 3. The number of fused-ring (bicyclic) bond motifs is 1. The molecular weight excluding hydrogens is 550 g/mol. The first-order valence-electron chi connectivity index (χ1n) is 13.8. The van der Waals surface area contributed by atoms with E-state index < -0.39 is 23.6 Å². The van der Waals surface area contributed by atoms with Gasteiger partial charge >= 0.3 is 6.18 Å². The predicted molar refractivity (Wildman–Crippen MR) is 152 cm³/mol. The molecule has 2 aromatic heterocycles. The van der Waals surface area contributed by atoms with Crippen molar-refractivity contribution in [3.63, 3.8) is 0 Å². The number of halogens is 4. The maximum Gasteiger partial charge on any atom is 0.419 e. The summed E-state index contributed by atoms with van der Waals surface area (Å²) < 4.78 is 61.9. The van der Waals surface area contributed by atoms with Gasteiger partial charge < -0.3 is 9.64 Å². The number of amidine groups is 1. The number of hydrogen-bond donors (Lipinski definition) is 0. The Morgan fingerprint density at radius 1 is 1.07 bits per heavy atom. The number of aliphatic imine (C=N–C) groups is 1. The fourth-order valence-corrected chi connectivity index (χ4v) is 5.32. The fraction of sp³-hybridized carbons (Fsp3) is 0.355. The lowest BCUT2D eigenvalue weighted by molar-refractivity contribution is -0.140. The van der Waals surface area contributed by atoms with E-state index in [0.29, 0.717) is 35.7 Å². The van der Waals surface area contributed by atoms with Gasteiger partial charge in [-0.15, -0.1) is 0 Å². The third-order valence-electron chi connectivity index (χ3n) is 7.58. The Kier molecular flexibility index (Phi) is 8.40. The molecule has 0 spiro atoms. The standard InChI is InChI=1S/C31H31F4N5O2/c1-4-42-20(3)19(2)40-29(38-26-10-6-5-9-23(26)30(40)41)27-17-37-28(39(27)18-22-8-7-13-36-16-22)15-21-11-12-25(32)24(14-21)31(33,34)35/h5-14,16,19-20,27H,4,15,17-18H2,1-3H3/t19?,20-,27-/m1/s1. The highest BCUT2D eigenvalue weighted by Gasteiger charge is 2.37. The van der Waals surface area contributed by atoms with E-state index in [1.54, 1.807) is 41.2 Å². The van der Waals surface area contributed by atoms with Crippen LogP contribution in [0.3, 0.4) is 0 Å². The number of nitrogens with zero attached hydrogens (tertiary/aromatic N) is 5. The molecule has 0 amide bonds. The van der Waals surface area contributed by atoms with Crippen molar-refractivity contribution < 1.29 is 22.3 Å². The van der Waals surface area contributed by atoms with Crippen LogP contribution < -0.4 is 5.56 Å². The van der Waals surface area contributed by atoms with Gasteiger partial charge in [0.05, 0.1) is 35.2 Å². The maximum absolute atomic E-state index is 14.0. The van der Waals surface area contributed by atoms with Crippen LogP contribution in [0.25, 0.3) is 10.9 Å². The van der Waals surface area contributed by atoms with Gasteiger partial charge in [-0.3, -0.25) is 19.3 Å². The number of pyridine rings is 1. The van der Waals surface area contributed by atoms with Crippen molar-refractivity contribution in [2.45, 2.75) is 58.1 Å². The molecule has 0 fully saturated rings. The molecule has 3 atom stereocenters. The normalized spacial score (nSPS) is 17.0. The number of benzene rings is 2. The molecule has 42 heavy (non-hydrogen) atoms. The van der Waals surface area contributed by atoms with Gasteiger partial charge in [-0.1, -0.05) is 24.3 Å². The molecule has 0 aliphatic carbocycles. The van der Waals surface area contributed by atoms with E-state index in [-0.39, 0.29) is 36.2 Å². The number of alkyl halides is 3. The largest absolute Gasteiger partial charge is 0.419 e. The van der Waals surface area contributed by atoms with Gasteiger partial charge in [-0.2, -0.15) is 13.2 Å². The summed E-state index contributed by atoms with van der Waals surface area (Å²) in [5.74, 6) is -0.343. The Hall–Kier alpha value is -4.12. The number of ether oxygens (including phenoxy) is 1. The average molecular weight is 582 g/mol. The molecule has 0 radical (unpaired) electrons. The lowest BCUT2D eigenvalue weighted by Crippen LogP contribution is -2.39. The first kappa shape index (κ1) is 29.4. The molecule has 1 unspecified atom stereocenters. The van der Waals surface area contributed by atoms with Crippen molar-refractivity contribution in [1.29, 1.82) is 0 Å². The summed E-state index contributed by atoms with van der Waals surface area (Å²) >= 11 is 0. The monoisotopic (exact) mass is 581 g/mol. The molecule has 1 aliphatic rings. The summed E-state index contributed by atoms with van der Waals surface area (Å²) in [4.78, 5) is 29.7. The van der Waals surface area contributed by atoms with E-state index in [1.165, 1.54) is 6.07 Å². The van der Waals surface area contributed by atoms with Crippen LogP contribution in [0.5, 0.6) is 0 Å². The Balaban J connectivity index is 1.60. The van der Waals surface area contributed by atoms with Crippen LogP contribution in [-0.2, 0) is 23.9 Å². The quantitative estimate of drug-likeness (QED) is 0.222. The van der Waals surface area contributed by atoms with Crippen molar-refractivity contribution in [3.8, 4) is 0 Å². The molecule has 1 aliphatic heterocycles. The lowest BCUT2D eigenvalue weighted by Gasteiger charge is -2.32. The zero-order valence-corrected chi connectivity index (χ0v) is 23.5. The summed E-state index contributed by atoms with van der Waals surface area (Å²) in [6, 6.07) is 12.9. The number of para-hydroxylation sites is 1. The minimum absolute atomic E-state index is 0.0306. The van der Waals surface area contributed by atoms with Crippen LogP contribution in [0, 0.1) is 5.82 Å². The molecule has 0 bridgehead atoms. The minimum atomic E-state index is -4.83. The zero-order valence-electron chi connectivity index (χ0n) is 23.5. The molecule has 7 nitrogen and oxygen atoms in total. The third-order valence-corrected chi connectivity index (χ3v) is 7.58. The van der Waals surface area contributed by atoms with Crippen LogP contribution in [0.2, 0.25) is 0 Å². The number of hydrogen-bond acceptors (Lipinski definition) is 6. The van der Waals surface area contributed by atoms with Gasteiger partial charge in [0.1, 0.15) is 23.5 Å². The lowest BCUT2D eigenvalue weighted by atomic mass is 10.1. The van der Waals surface area contributed by atoms with Crippen LogP contribution >= 0.6 is 0 Å². The Morgan fingerprint density at radius 2 is 1.86 bits per heavy atom. The van der Waals surface area contributed by atoms with E-state index in [2.05, 4.69) is 4.98 Å². The SMILES string of the molecule is CCO[C@H](C)C(C)n1c([C@H]2CN=C(Cc3ccc(F)c(C(F)(F)F)c3)N2Cc2cccnc2)nc2ccccc2c1=O. The van der Waals surface area contributed by atoms with Crippen molar-refractivity contribution in [2.75, 3.05) is 13.2 Å². The van der Waals surface area contributed by atoms with Crippen molar-refractivity contribution in [3.05, 3.63) is 106 Å². The van der Waals surface area contributed by atoms with Crippen molar-refractivity contribution in [2.24, 2.45) is 4.99 Å². The molecular formula is C31H31F4N5O2. The second-order valence-electron chi connectivity index (χ2n) is 10.3. The molecule has 2 aromatic carbocycles. The van der Waals surface area contributed by atoms with E-state index in [0.717, 1.165) is 17.7 Å². The van der Waals surface area contributed by atoms with Crippen molar-refractivity contribution >= 4 is 16.7 Å². The molecule has 0 saturated carbocycles. The van der Waals surface area contributed by atoms with E-state index in [9.17, 15) is 22.4 Å². The van der Waals surface area contributed by atoms with Gasteiger partial charge in [0, 0.05) is 32.0 Å². The Labute approximate surface area is 240 Å². The predicted octanol–water partition coefficient (Wildman–Crippen LogP) is 6.13. The van der Waals surface area contributed by atoms with Crippen LogP contribution in [0.15, 0.2) is 76.8 Å². The molecule has 4 aromatic rings. The van der Waals surface area contributed by atoms with Crippen molar-refractivity contribution in [1.82, 2.24) is 19.4 Å². The topological polar surface area (TPSA) is 72.6 Å². The average Bonchev–Trinajstić information content (AvgIpc) is 3.35. The number of rotatable bonds is 9. The van der Waals surface area contributed by atoms with E-state index in [1.807, 2.05) is 37.8 Å². The highest BCUT2D eigenvalue weighted by atomic mass is 19.4. The van der Waals surface area contributed by atoms with Gasteiger partial charge in [0.2, 0.25) is 0 Å².